The van der Waals surface area contributed by atoms with Gasteiger partial charge in [-0.1, -0.05) is 29.8 Å². The van der Waals surface area contributed by atoms with Crippen LogP contribution in [-0.2, 0) is 0 Å². The van der Waals surface area contributed by atoms with Crippen LogP contribution in [0.3, 0.4) is 0 Å². The van der Waals surface area contributed by atoms with Crippen molar-refractivity contribution in [3.8, 4) is 0 Å². The van der Waals surface area contributed by atoms with Crippen LogP contribution in [-0.4, -0.2) is 5.91 Å². The topological polar surface area (TPSA) is 55.1 Å². The molecule has 86 valence electrons. The Hall–Kier alpha value is -2.00. The van der Waals surface area contributed by atoms with Crippen molar-refractivity contribution in [2.24, 2.45) is 5.73 Å². The summed E-state index contributed by atoms with van der Waals surface area (Å²) in [6, 6.07) is 14.5. The highest BCUT2D eigenvalue weighted by Crippen LogP contribution is 2.23. The highest BCUT2D eigenvalue weighted by Gasteiger charge is 2.08. The van der Waals surface area contributed by atoms with E-state index in [1.807, 2.05) is 30.3 Å². The lowest BCUT2D eigenvalue weighted by molar-refractivity contribution is 0.100. The van der Waals surface area contributed by atoms with Gasteiger partial charge in [-0.05, 0) is 30.3 Å². The standard InChI is InChI=1S/C13H11ClN2O/c14-9-6-7-12(11(8-9)13(15)17)16-10-4-2-1-3-5-10/h1-8,16H,(H2,15,17). The lowest BCUT2D eigenvalue weighted by Crippen LogP contribution is -2.13. The maximum atomic E-state index is 11.3. The van der Waals surface area contributed by atoms with Gasteiger partial charge in [-0.3, -0.25) is 4.79 Å². The fourth-order valence-electron chi connectivity index (χ4n) is 1.51. The summed E-state index contributed by atoms with van der Waals surface area (Å²) in [7, 11) is 0. The fourth-order valence-corrected chi connectivity index (χ4v) is 1.68. The molecule has 0 radical (unpaired) electrons. The van der Waals surface area contributed by atoms with Crippen molar-refractivity contribution < 1.29 is 4.79 Å². The number of hydrogen-bond donors (Lipinski definition) is 2. The molecule has 0 aliphatic rings. The van der Waals surface area contributed by atoms with Gasteiger partial charge in [0.25, 0.3) is 5.91 Å². The minimum absolute atomic E-state index is 0.376. The number of benzene rings is 2. The summed E-state index contributed by atoms with van der Waals surface area (Å²) < 4.78 is 0. The smallest absolute Gasteiger partial charge is 0.250 e. The average Bonchev–Trinajstić information content (AvgIpc) is 2.32. The predicted molar refractivity (Wildman–Crippen MR) is 69.7 cm³/mol. The highest BCUT2D eigenvalue weighted by molar-refractivity contribution is 6.31. The van der Waals surface area contributed by atoms with Gasteiger partial charge in [0.15, 0.2) is 0 Å². The summed E-state index contributed by atoms with van der Waals surface area (Å²) >= 11 is 5.83. The third kappa shape index (κ3) is 2.77. The van der Waals surface area contributed by atoms with Gasteiger partial charge >= 0.3 is 0 Å². The quantitative estimate of drug-likeness (QED) is 0.874. The first-order chi connectivity index (χ1) is 8.16. The number of carbonyl (C=O) groups is 1. The lowest BCUT2D eigenvalue weighted by atomic mass is 10.1. The number of nitrogens with one attached hydrogen (secondary N) is 1. The number of para-hydroxylation sites is 1. The third-order valence-corrected chi connectivity index (χ3v) is 2.53. The van der Waals surface area contributed by atoms with Crippen LogP contribution >= 0.6 is 11.6 Å². The summed E-state index contributed by atoms with van der Waals surface area (Å²) in [5.74, 6) is -0.508. The Labute approximate surface area is 104 Å². The number of hydrogen-bond acceptors (Lipinski definition) is 2. The molecule has 0 bridgehead atoms. The second kappa shape index (κ2) is 4.89. The van der Waals surface area contributed by atoms with E-state index in [0.29, 0.717) is 16.3 Å². The minimum atomic E-state index is -0.508. The fraction of sp³-hybridized carbons (Fsp3) is 0. The number of primary amides is 1. The van der Waals surface area contributed by atoms with Crippen LogP contribution in [0.1, 0.15) is 10.4 Å². The molecule has 4 heteroatoms. The zero-order chi connectivity index (χ0) is 12.3. The largest absolute Gasteiger partial charge is 0.366 e. The molecule has 17 heavy (non-hydrogen) atoms. The van der Waals surface area contributed by atoms with Crippen molar-refractivity contribution in [2.75, 3.05) is 5.32 Å². The zero-order valence-electron chi connectivity index (χ0n) is 8.98. The summed E-state index contributed by atoms with van der Waals surface area (Å²) in [6.45, 7) is 0. The molecule has 2 aromatic carbocycles. The molecule has 0 unspecified atom stereocenters. The minimum Gasteiger partial charge on any atom is -0.366 e. The molecule has 0 spiro atoms. The molecular formula is C13H11ClN2O. The van der Waals surface area contributed by atoms with Crippen molar-refractivity contribution in [2.45, 2.75) is 0 Å². The van der Waals surface area contributed by atoms with Gasteiger partial charge in [-0.2, -0.15) is 0 Å². The highest BCUT2D eigenvalue weighted by atomic mass is 35.5. The van der Waals surface area contributed by atoms with Gasteiger partial charge in [0.2, 0.25) is 0 Å². The molecule has 2 rings (SSSR count). The molecule has 0 heterocycles. The molecule has 0 aliphatic heterocycles. The molecule has 3 nitrogen and oxygen atoms in total. The van der Waals surface area contributed by atoms with Crippen molar-refractivity contribution in [3.05, 3.63) is 59.1 Å². The van der Waals surface area contributed by atoms with E-state index >= 15 is 0 Å². The summed E-state index contributed by atoms with van der Waals surface area (Å²) in [4.78, 5) is 11.3. The van der Waals surface area contributed by atoms with E-state index < -0.39 is 5.91 Å². The molecule has 3 N–H and O–H groups in total. The number of anilines is 2. The number of halogens is 1. The molecule has 1 amide bonds. The molecule has 0 atom stereocenters. The van der Waals surface area contributed by atoms with E-state index in [-0.39, 0.29) is 0 Å². The van der Waals surface area contributed by atoms with Crippen molar-refractivity contribution in [1.82, 2.24) is 0 Å². The van der Waals surface area contributed by atoms with E-state index in [2.05, 4.69) is 5.32 Å². The van der Waals surface area contributed by atoms with Gasteiger partial charge in [-0.15, -0.1) is 0 Å². The van der Waals surface area contributed by atoms with Gasteiger partial charge < -0.3 is 11.1 Å². The second-order valence-electron chi connectivity index (χ2n) is 3.55. The summed E-state index contributed by atoms with van der Waals surface area (Å²) in [5, 5.41) is 3.61. The Balaban J connectivity index is 2.36. The van der Waals surface area contributed by atoms with Crippen LogP contribution in [0.5, 0.6) is 0 Å². The van der Waals surface area contributed by atoms with Crippen LogP contribution in [0.2, 0.25) is 5.02 Å². The maximum absolute atomic E-state index is 11.3. The van der Waals surface area contributed by atoms with Gasteiger partial charge in [0.05, 0.1) is 11.3 Å². The Bertz CT molecular complexity index is 540. The first-order valence-electron chi connectivity index (χ1n) is 5.08. The Morgan fingerprint density at radius 3 is 2.47 bits per heavy atom. The van der Waals surface area contributed by atoms with Crippen LogP contribution in [0.15, 0.2) is 48.5 Å². The van der Waals surface area contributed by atoms with E-state index in [1.165, 1.54) is 0 Å². The number of carbonyl (C=O) groups excluding carboxylic acids is 1. The van der Waals surface area contributed by atoms with E-state index in [0.717, 1.165) is 5.69 Å². The second-order valence-corrected chi connectivity index (χ2v) is 3.98. The van der Waals surface area contributed by atoms with E-state index in [1.54, 1.807) is 18.2 Å². The van der Waals surface area contributed by atoms with Gasteiger partial charge in [-0.25, -0.2) is 0 Å². The van der Waals surface area contributed by atoms with Crippen LogP contribution < -0.4 is 11.1 Å². The Morgan fingerprint density at radius 1 is 1.12 bits per heavy atom. The van der Waals surface area contributed by atoms with Crippen LogP contribution in [0.25, 0.3) is 0 Å². The van der Waals surface area contributed by atoms with E-state index in [4.69, 9.17) is 17.3 Å². The Kier molecular flexibility index (Phi) is 3.30. The molecule has 0 aliphatic carbocycles. The zero-order valence-corrected chi connectivity index (χ0v) is 9.74. The number of rotatable bonds is 3. The third-order valence-electron chi connectivity index (χ3n) is 2.30. The van der Waals surface area contributed by atoms with Crippen LogP contribution in [0, 0.1) is 0 Å². The summed E-state index contributed by atoms with van der Waals surface area (Å²) in [6.07, 6.45) is 0. The van der Waals surface area contributed by atoms with Crippen molar-refractivity contribution in [3.63, 3.8) is 0 Å². The predicted octanol–water partition coefficient (Wildman–Crippen LogP) is 3.18. The van der Waals surface area contributed by atoms with Gasteiger partial charge in [0, 0.05) is 10.7 Å². The first-order valence-corrected chi connectivity index (χ1v) is 5.46. The SMILES string of the molecule is NC(=O)c1cc(Cl)ccc1Nc1ccccc1. The maximum Gasteiger partial charge on any atom is 0.250 e. The van der Waals surface area contributed by atoms with Gasteiger partial charge in [0.1, 0.15) is 0 Å². The van der Waals surface area contributed by atoms with Crippen molar-refractivity contribution in [1.29, 1.82) is 0 Å². The first kappa shape index (κ1) is 11.5. The summed E-state index contributed by atoms with van der Waals surface area (Å²) in [5.41, 5.74) is 7.21. The number of nitrogens with two attached hydrogens (primary N) is 1. The monoisotopic (exact) mass is 246 g/mol. The number of amides is 1. The van der Waals surface area contributed by atoms with Crippen molar-refractivity contribution >= 4 is 28.9 Å². The van der Waals surface area contributed by atoms with Crippen LogP contribution in [0.4, 0.5) is 11.4 Å². The lowest BCUT2D eigenvalue weighted by Gasteiger charge is -2.10. The Morgan fingerprint density at radius 2 is 1.82 bits per heavy atom. The normalized spacial score (nSPS) is 9.94. The molecule has 0 saturated heterocycles. The van der Waals surface area contributed by atoms with E-state index in [9.17, 15) is 4.79 Å². The molecule has 0 fully saturated rings. The average molecular weight is 247 g/mol. The molecule has 2 aromatic rings. The molecule has 0 aromatic heterocycles. The molecule has 0 saturated carbocycles. The molecular weight excluding hydrogens is 236 g/mol.